The molecule has 21 heavy (non-hydrogen) atoms. The molecule has 2 heterocycles. The highest BCUT2D eigenvalue weighted by molar-refractivity contribution is 7.89. The van der Waals surface area contributed by atoms with Gasteiger partial charge in [-0.15, -0.1) is 0 Å². The molecule has 2 N–H and O–H groups in total. The molecule has 0 spiro atoms. The molecule has 7 nitrogen and oxygen atoms in total. The molecule has 1 aliphatic rings. The predicted octanol–water partition coefficient (Wildman–Crippen LogP) is 0.515. The average molecular weight is 311 g/mol. The number of hydrogen-bond donors (Lipinski definition) is 2. The Morgan fingerprint density at radius 1 is 1.57 bits per heavy atom. The van der Waals surface area contributed by atoms with Gasteiger partial charge in [-0.25, -0.2) is 13.1 Å². The van der Waals surface area contributed by atoms with Crippen LogP contribution in [0.25, 0.3) is 0 Å². The average Bonchev–Trinajstić information content (AvgIpc) is 3.06. The summed E-state index contributed by atoms with van der Waals surface area (Å²) < 4.78 is 33.6. The molecule has 8 heteroatoms. The van der Waals surface area contributed by atoms with E-state index < -0.39 is 15.6 Å². The van der Waals surface area contributed by atoms with E-state index in [-0.39, 0.29) is 11.4 Å². The Hall–Kier alpha value is -1.64. The van der Waals surface area contributed by atoms with E-state index in [9.17, 15) is 13.5 Å². The van der Waals surface area contributed by atoms with E-state index in [4.69, 9.17) is 4.42 Å². The van der Waals surface area contributed by atoms with Gasteiger partial charge in [-0.1, -0.05) is 0 Å². The van der Waals surface area contributed by atoms with Crippen LogP contribution in [0.5, 0.6) is 0 Å². The van der Waals surface area contributed by atoms with E-state index in [0.717, 1.165) is 18.6 Å². The van der Waals surface area contributed by atoms with Crippen molar-refractivity contribution in [3.8, 4) is 0 Å². The number of rotatable bonds is 4. The number of furan rings is 1. The Morgan fingerprint density at radius 2 is 2.38 bits per heavy atom. The lowest BCUT2D eigenvalue weighted by atomic mass is 9.83. The smallest absolute Gasteiger partial charge is 0.243 e. The van der Waals surface area contributed by atoms with Gasteiger partial charge in [0, 0.05) is 31.8 Å². The van der Waals surface area contributed by atoms with Crippen LogP contribution < -0.4 is 4.72 Å². The van der Waals surface area contributed by atoms with Gasteiger partial charge in [0.25, 0.3) is 0 Å². The van der Waals surface area contributed by atoms with E-state index in [0.29, 0.717) is 12.0 Å². The van der Waals surface area contributed by atoms with Gasteiger partial charge in [0.15, 0.2) is 0 Å². The largest absolute Gasteiger partial charge is 0.469 e. The number of nitrogens with zero attached hydrogens (tertiary/aromatic N) is 2. The van der Waals surface area contributed by atoms with E-state index in [1.807, 2.05) is 0 Å². The lowest BCUT2D eigenvalue weighted by Crippen LogP contribution is -2.42. The van der Waals surface area contributed by atoms with E-state index >= 15 is 0 Å². The lowest BCUT2D eigenvalue weighted by molar-refractivity contribution is 0.0221. The van der Waals surface area contributed by atoms with Crippen molar-refractivity contribution in [2.24, 2.45) is 7.05 Å². The quantitative estimate of drug-likeness (QED) is 0.857. The zero-order chi connectivity index (χ0) is 15.1. The summed E-state index contributed by atoms with van der Waals surface area (Å²) in [6.07, 6.45) is 6.23. The van der Waals surface area contributed by atoms with Gasteiger partial charge in [0.1, 0.15) is 16.3 Å². The molecular weight excluding hydrogens is 294 g/mol. The molecule has 3 rings (SSSR count). The number of aromatic nitrogens is 2. The first-order valence-corrected chi connectivity index (χ1v) is 8.17. The minimum Gasteiger partial charge on any atom is -0.469 e. The Morgan fingerprint density at radius 3 is 3.10 bits per heavy atom. The van der Waals surface area contributed by atoms with Crippen molar-refractivity contribution in [2.75, 3.05) is 6.54 Å². The van der Waals surface area contributed by atoms with E-state index in [2.05, 4.69) is 9.82 Å². The van der Waals surface area contributed by atoms with Crippen molar-refractivity contribution in [3.63, 3.8) is 0 Å². The fraction of sp³-hybridized carbons (Fsp3) is 0.462. The van der Waals surface area contributed by atoms with Crippen LogP contribution in [0.1, 0.15) is 24.2 Å². The lowest BCUT2D eigenvalue weighted by Gasteiger charge is -2.31. The highest BCUT2D eigenvalue weighted by atomic mass is 32.2. The Balaban J connectivity index is 1.79. The molecule has 114 valence electrons. The summed E-state index contributed by atoms with van der Waals surface area (Å²) in [7, 11) is -2.04. The van der Waals surface area contributed by atoms with E-state index in [1.54, 1.807) is 13.1 Å². The Kier molecular flexibility index (Phi) is 3.39. The van der Waals surface area contributed by atoms with Crippen LogP contribution >= 0.6 is 0 Å². The zero-order valence-electron chi connectivity index (χ0n) is 11.6. The van der Waals surface area contributed by atoms with Crippen LogP contribution in [-0.4, -0.2) is 29.8 Å². The second kappa shape index (κ2) is 4.97. The highest BCUT2D eigenvalue weighted by Gasteiger charge is 2.37. The summed E-state index contributed by atoms with van der Waals surface area (Å²) in [6, 6.07) is 1.70. The van der Waals surface area contributed by atoms with Crippen LogP contribution in [0.3, 0.4) is 0 Å². The van der Waals surface area contributed by atoms with Crippen molar-refractivity contribution in [3.05, 3.63) is 36.0 Å². The Bertz CT molecular complexity index is 749. The number of nitrogens with one attached hydrogen (secondary N) is 1. The number of aliphatic hydroxyl groups is 1. The predicted molar refractivity (Wildman–Crippen MR) is 73.9 cm³/mol. The van der Waals surface area contributed by atoms with Gasteiger partial charge in [0.2, 0.25) is 10.0 Å². The maximum absolute atomic E-state index is 12.2. The minimum absolute atomic E-state index is 0.0804. The summed E-state index contributed by atoms with van der Waals surface area (Å²) in [5.74, 6) is 0.726. The highest BCUT2D eigenvalue weighted by Crippen LogP contribution is 2.35. The molecule has 0 bridgehead atoms. The normalized spacial score (nSPS) is 22.2. The van der Waals surface area contributed by atoms with Crippen molar-refractivity contribution in [2.45, 2.75) is 29.8 Å². The number of sulfonamides is 1. The third-order valence-corrected chi connectivity index (χ3v) is 5.14. The summed E-state index contributed by atoms with van der Waals surface area (Å²) >= 11 is 0. The first-order chi connectivity index (χ1) is 9.91. The minimum atomic E-state index is -3.69. The molecule has 0 aromatic carbocycles. The standard InChI is InChI=1S/C13H17N3O4S/c1-16-8-10(7-14-16)21(18,19)15-9-13(17)5-2-3-12-11(13)4-6-20-12/h4,6-8,15,17H,2-3,5,9H2,1H3. The third kappa shape index (κ3) is 2.61. The van der Waals surface area contributed by atoms with Gasteiger partial charge in [-0.2, -0.15) is 5.10 Å². The van der Waals surface area contributed by atoms with Crippen LogP contribution in [0.15, 0.2) is 34.0 Å². The SMILES string of the molecule is Cn1cc(S(=O)(=O)NCC2(O)CCCc3occc32)cn1. The molecule has 0 radical (unpaired) electrons. The molecule has 0 saturated heterocycles. The first kappa shape index (κ1) is 14.3. The molecular formula is C13H17N3O4S. The van der Waals surface area contributed by atoms with Crippen LogP contribution in [0, 0.1) is 0 Å². The van der Waals surface area contributed by atoms with Crippen molar-refractivity contribution >= 4 is 10.0 Å². The zero-order valence-corrected chi connectivity index (χ0v) is 12.4. The van der Waals surface area contributed by atoms with Gasteiger partial charge in [-0.3, -0.25) is 4.68 Å². The molecule has 0 aliphatic heterocycles. The molecule has 1 unspecified atom stereocenters. The maximum atomic E-state index is 12.2. The Labute approximate surface area is 122 Å². The van der Waals surface area contributed by atoms with Gasteiger partial charge in [0.05, 0.1) is 12.5 Å². The number of aryl methyl sites for hydroxylation is 2. The second-order valence-electron chi connectivity index (χ2n) is 5.32. The molecule has 2 aromatic heterocycles. The molecule has 2 aromatic rings. The van der Waals surface area contributed by atoms with Gasteiger partial charge < -0.3 is 9.52 Å². The fourth-order valence-corrected chi connectivity index (χ4v) is 3.72. The van der Waals surface area contributed by atoms with E-state index in [1.165, 1.54) is 23.3 Å². The van der Waals surface area contributed by atoms with Crippen LogP contribution in [-0.2, 0) is 29.1 Å². The first-order valence-electron chi connectivity index (χ1n) is 6.68. The molecule has 0 fully saturated rings. The van der Waals surface area contributed by atoms with Gasteiger partial charge >= 0.3 is 0 Å². The third-order valence-electron chi connectivity index (χ3n) is 3.79. The second-order valence-corrected chi connectivity index (χ2v) is 7.08. The van der Waals surface area contributed by atoms with Crippen LogP contribution in [0.4, 0.5) is 0 Å². The molecule has 0 saturated carbocycles. The molecule has 0 amide bonds. The molecule has 1 atom stereocenters. The summed E-state index contributed by atoms with van der Waals surface area (Å²) in [6.45, 7) is -0.0865. The molecule has 1 aliphatic carbocycles. The van der Waals surface area contributed by atoms with Gasteiger partial charge in [-0.05, 0) is 18.9 Å². The van der Waals surface area contributed by atoms with Crippen molar-refractivity contribution in [1.82, 2.24) is 14.5 Å². The van der Waals surface area contributed by atoms with Crippen LogP contribution in [0.2, 0.25) is 0 Å². The number of hydrogen-bond acceptors (Lipinski definition) is 5. The monoisotopic (exact) mass is 311 g/mol. The summed E-state index contributed by atoms with van der Waals surface area (Å²) in [4.78, 5) is 0.0804. The summed E-state index contributed by atoms with van der Waals surface area (Å²) in [5, 5.41) is 14.6. The topological polar surface area (TPSA) is 97.4 Å². The van der Waals surface area contributed by atoms with Crippen molar-refractivity contribution in [1.29, 1.82) is 0 Å². The summed E-state index contributed by atoms with van der Waals surface area (Å²) in [5.41, 5.74) is -0.557. The van der Waals surface area contributed by atoms with Crippen molar-refractivity contribution < 1.29 is 17.9 Å². The number of fused-ring (bicyclic) bond motifs is 1. The maximum Gasteiger partial charge on any atom is 0.243 e. The fourth-order valence-electron chi connectivity index (χ4n) is 2.64.